The summed E-state index contributed by atoms with van der Waals surface area (Å²) in [7, 11) is 0. The van der Waals surface area contributed by atoms with Crippen molar-refractivity contribution >= 4 is 45.8 Å². The first kappa shape index (κ1) is 18.0. The molecule has 0 aliphatic heterocycles. The van der Waals surface area contributed by atoms with Gasteiger partial charge in [0.15, 0.2) is 0 Å². The summed E-state index contributed by atoms with van der Waals surface area (Å²) in [5.41, 5.74) is 4.03. The fraction of sp³-hybridized carbons (Fsp3) is 0. The van der Waals surface area contributed by atoms with Gasteiger partial charge in [-0.3, -0.25) is 9.97 Å². The highest BCUT2D eigenvalue weighted by Crippen LogP contribution is 2.21. The molecule has 0 aliphatic rings. The Morgan fingerprint density at radius 2 is 0.867 bits per heavy atom. The van der Waals surface area contributed by atoms with Gasteiger partial charge in [0, 0.05) is 0 Å². The van der Waals surface area contributed by atoms with Gasteiger partial charge in [0.2, 0.25) is 0 Å². The van der Waals surface area contributed by atoms with E-state index in [0.717, 1.165) is 11.4 Å². The molecule has 0 radical (unpaired) electrons. The number of nitrogens with zero attached hydrogens (tertiary/aromatic N) is 2. The third kappa shape index (κ3) is 3.76. The van der Waals surface area contributed by atoms with Gasteiger partial charge >= 0.3 is 0 Å². The number of hydrogen-bond donors (Lipinski definition) is 0. The summed E-state index contributed by atoms with van der Waals surface area (Å²) >= 11 is 0. The zero-order valence-electron chi connectivity index (χ0n) is 16.4. The summed E-state index contributed by atoms with van der Waals surface area (Å²) in [6, 6.07) is 29.4. The van der Waals surface area contributed by atoms with Crippen molar-refractivity contribution in [3.05, 3.63) is 120 Å². The van der Waals surface area contributed by atoms with Crippen molar-refractivity contribution in [3.63, 3.8) is 0 Å². The maximum atomic E-state index is 4.55. The molecule has 0 bridgehead atoms. The van der Waals surface area contributed by atoms with E-state index >= 15 is 0 Å². The molecule has 0 fully saturated rings. The Morgan fingerprint density at radius 3 is 1.33 bits per heavy atom. The van der Waals surface area contributed by atoms with Gasteiger partial charge < -0.3 is 0 Å². The van der Waals surface area contributed by atoms with Crippen LogP contribution in [0.2, 0.25) is 0 Å². The van der Waals surface area contributed by atoms with E-state index in [1.807, 2.05) is 24.5 Å². The second-order valence-electron chi connectivity index (χ2n) is 7.17. The molecule has 0 aliphatic carbocycles. The Bertz CT molecular complexity index is 1260. The van der Waals surface area contributed by atoms with Crippen LogP contribution in [0.1, 0.15) is 22.5 Å². The van der Waals surface area contributed by atoms with Crippen LogP contribution in [-0.4, -0.2) is 9.97 Å². The number of fused-ring (bicyclic) bond motifs is 2. The van der Waals surface area contributed by atoms with Gasteiger partial charge in [-0.1, -0.05) is 97.1 Å². The third-order valence-corrected chi connectivity index (χ3v) is 5.21. The highest BCUT2D eigenvalue weighted by molar-refractivity contribution is 5.93. The van der Waals surface area contributed by atoms with Gasteiger partial charge in [-0.15, -0.1) is 0 Å². The Labute approximate surface area is 175 Å². The van der Waals surface area contributed by atoms with E-state index < -0.39 is 0 Å². The maximum Gasteiger partial charge on any atom is 0.0813 e. The van der Waals surface area contributed by atoms with Gasteiger partial charge in [-0.05, 0) is 44.8 Å². The summed E-state index contributed by atoms with van der Waals surface area (Å²) in [5.74, 6) is 0. The molecule has 5 rings (SSSR count). The molecule has 0 N–H and O–H groups in total. The van der Waals surface area contributed by atoms with E-state index in [-0.39, 0.29) is 0 Å². The maximum absolute atomic E-state index is 4.55. The summed E-state index contributed by atoms with van der Waals surface area (Å²) in [6.45, 7) is 0. The van der Waals surface area contributed by atoms with Gasteiger partial charge in [-0.2, -0.15) is 0 Å². The topological polar surface area (TPSA) is 25.8 Å². The van der Waals surface area contributed by atoms with E-state index in [0.29, 0.717) is 0 Å². The molecule has 0 amide bonds. The lowest BCUT2D eigenvalue weighted by Gasteiger charge is -2.02. The summed E-state index contributed by atoms with van der Waals surface area (Å²) in [6.07, 6.45) is 11.8. The molecule has 5 aromatic rings. The fourth-order valence-electron chi connectivity index (χ4n) is 3.66. The van der Waals surface area contributed by atoms with Crippen molar-refractivity contribution in [3.8, 4) is 0 Å². The van der Waals surface area contributed by atoms with E-state index in [9.17, 15) is 0 Å². The molecule has 0 atom stereocenters. The average Bonchev–Trinajstić information content (AvgIpc) is 2.82. The van der Waals surface area contributed by atoms with Crippen molar-refractivity contribution in [2.24, 2.45) is 0 Å². The summed E-state index contributed by atoms with van der Waals surface area (Å²) in [4.78, 5) is 9.10. The van der Waals surface area contributed by atoms with Crippen LogP contribution in [0.5, 0.6) is 0 Å². The lowest BCUT2D eigenvalue weighted by Crippen LogP contribution is -1.87. The van der Waals surface area contributed by atoms with E-state index in [4.69, 9.17) is 0 Å². The Balaban J connectivity index is 1.36. The van der Waals surface area contributed by atoms with Gasteiger partial charge in [0.05, 0.1) is 23.8 Å². The molecular formula is C28H20N2. The van der Waals surface area contributed by atoms with Gasteiger partial charge in [-0.25, -0.2) is 0 Å². The minimum Gasteiger partial charge on any atom is -0.253 e. The van der Waals surface area contributed by atoms with E-state index in [2.05, 4.69) is 107 Å². The predicted octanol–water partition coefficient (Wildman–Crippen LogP) is 7.12. The fourth-order valence-corrected chi connectivity index (χ4v) is 3.66. The first-order valence-corrected chi connectivity index (χ1v) is 10.0. The normalized spacial score (nSPS) is 11.7. The number of aromatic nitrogens is 2. The molecule has 4 aromatic carbocycles. The van der Waals surface area contributed by atoms with Crippen molar-refractivity contribution < 1.29 is 0 Å². The summed E-state index contributed by atoms with van der Waals surface area (Å²) < 4.78 is 0. The van der Waals surface area contributed by atoms with Crippen molar-refractivity contribution in [1.29, 1.82) is 0 Å². The molecule has 2 heteroatoms. The highest BCUT2D eigenvalue weighted by Gasteiger charge is 1.99. The lowest BCUT2D eigenvalue weighted by atomic mass is 10.0. The standard InChI is InChI=1S/C28H20N2/c1-3-13-27-21(7-1)9-5-11-23(27)15-17-25-19-30-26(20-29-25)18-16-24-12-6-10-22-8-2-4-14-28(22)24/h1-20H/b17-15+,18-16+. The predicted molar refractivity (Wildman–Crippen MR) is 128 cm³/mol. The molecule has 1 aromatic heterocycles. The first-order valence-electron chi connectivity index (χ1n) is 10.0. The molecule has 30 heavy (non-hydrogen) atoms. The smallest absolute Gasteiger partial charge is 0.0813 e. The number of benzene rings is 4. The Hall–Kier alpha value is -4.04. The van der Waals surface area contributed by atoms with Crippen LogP contribution >= 0.6 is 0 Å². The van der Waals surface area contributed by atoms with Crippen LogP contribution < -0.4 is 0 Å². The van der Waals surface area contributed by atoms with E-state index in [1.54, 1.807) is 0 Å². The second-order valence-corrected chi connectivity index (χ2v) is 7.17. The molecule has 0 unspecified atom stereocenters. The zero-order valence-corrected chi connectivity index (χ0v) is 16.4. The van der Waals surface area contributed by atoms with Crippen molar-refractivity contribution in [1.82, 2.24) is 9.97 Å². The van der Waals surface area contributed by atoms with Crippen LogP contribution in [0.4, 0.5) is 0 Å². The molecule has 0 saturated carbocycles. The Morgan fingerprint density at radius 1 is 0.433 bits per heavy atom. The molecule has 142 valence electrons. The SMILES string of the molecule is C(=C\c1cccc2ccccc12)/c1cnc(/C=C/c2cccc3ccccc23)cn1. The third-order valence-electron chi connectivity index (χ3n) is 5.21. The highest BCUT2D eigenvalue weighted by atomic mass is 14.8. The molecule has 2 nitrogen and oxygen atoms in total. The van der Waals surface area contributed by atoms with Crippen LogP contribution in [-0.2, 0) is 0 Å². The van der Waals surface area contributed by atoms with Crippen molar-refractivity contribution in [2.75, 3.05) is 0 Å². The van der Waals surface area contributed by atoms with Crippen LogP contribution in [0.3, 0.4) is 0 Å². The average molecular weight is 384 g/mol. The van der Waals surface area contributed by atoms with Crippen molar-refractivity contribution in [2.45, 2.75) is 0 Å². The zero-order chi connectivity index (χ0) is 20.2. The first-order chi connectivity index (χ1) is 14.9. The van der Waals surface area contributed by atoms with Gasteiger partial charge in [0.25, 0.3) is 0 Å². The summed E-state index contributed by atoms with van der Waals surface area (Å²) in [5, 5.41) is 4.94. The largest absolute Gasteiger partial charge is 0.253 e. The minimum atomic E-state index is 0.838. The number of hydrogen-bond acceptors (Lipinski definition) is 2. The minimum absolute atomic E-state index is 0.838. The van der Waals surface area contributed by atoms with Crippen LogP contribution in [0, 0.1) is 0 Å². The molecule has 0 spiro atoms. The second kappa shape index (κ2) is 8.14. The lowest BCUT2D eigenvalue weighted by molar-refractivity contribution is 1.16. The van der Waals surface area contributed by atoms with Gasteiger partial charge in [0.1, 0.15) is 0 Å². The van der Waals surface area contributed by atoms with Crippen LogP contribution in [0.25, 0.3) is 45.8 Å². The molecule has 0 saturated heterocycles. The number of rotatable bonds is 4. The van der Waals surface area contributed by atoms with Crippen LogP contribution in [0.15, 0.2) is 97.3 Å². The quantitative estimate of drug-likeness (QED) is 0.329. The Kier molecular flexibility index (Phi) is 4.89. The monoisotopic (exact) mass is 384 g/mol. The molecule has 1 heterocycles. The molecular weight excluding hydrogens is 364 g/mol. The van der Waals surface area contributed by atoms with E-state index in [1.165, 1.54) is 32.7 Å².